The minimum absolute atomic E-state index is 0.214. The van der Waals surface area contributed by atoms with Crippen molar-refractivity contribution in [3.63, 3.8) is 0 Å². The van der Waals surface area contributed by atoms with Gasteiger partial charge in [0.1, 0.15) is 10.6 Å². The predicted molar refractivity (Wildman–Crippen MR) is 98.1 cm³/mol. The zero-order valence-corrected chi connectivity index (χ0v) is 16.0. The van der Waals surface area contributed by atoms with Gasteiger partial charge in [0.15, 0.2) is 0 Å². The van der Waals surface area contributed by atoms with Crippen molar-refractivity contribution in [3.05, 3.63) is 53.0 Å². The van der Waals surface area contributed by atoms with Crippen LogP contribution in [0.4, 0.5) is 0 Å². The topological polar surface area (TPSA) is 101 Å². The van der Waals surface area contributed by atoms with Crippen molar-refractivity contribution in [2.45, 2.75) is 45.1 Å². The first-order chi connectivity index (χ1) is 12.3. The molecule has 2 aromatic heterocycles. The SMILES string of the molecule is CCc1nnc(-c2[nH]c(C)c(S(=O)(=O)N[C@@H](C)c3ccccc3)c2C)o1. The van der Waals surface area contributed by atoms with E-state index in [-0.39, 0.29) is 10.9 Å². The second-order valence-electron chi connectivity index (χ2n) is 6.19. The molecule has 7 nitrogen and oxygen atoms in total. The Labute approximate surface area is 152 Å². The van der Waals surface area contributed by atoms with Gasteiger partial charge < -0.3 is 9.40 Å². The molecular weight excluding hydrogens is 352 g/mol. The maximum atomic E-state index is 13.0. The molecule has 2 heterocycles. The molecule has 0 aliphatic carbocycles. The third-order valence-corrected chi connectivity index (χ3v) is 6.07. The van der Waals surface area contributed by atoms with Gasteiger partial charge in [0.2, 0.25) is 15.9 Å². The van der Waals surface area contributed by atoms with Crippen LogP contribution in [0.25, 0.3) is 11.6 Å². The highest BCUT2D eigenvalue weighted by Gasteiger charge is 2.28. The number of sulfonamides is 1. The van der Waals surface area contributed by atoms with E-state index in [2.05, 4.69) is 19.9 Å². The maximum absolute atomic E-state index is 13.0. The van der Waals surface area contributed by atoms with Crippen molar-refractivity contribution in [1.82, 2.24) is 19.9 Å². The van der Waals surface area contributed by atoms with Crippen LogP contribution in [-0.2, 0) is 16.4 Å². The van der Waals surface area contributed by atoms with Gasteiger partial charge in [0.25, 0.3) is 5.89 Å². The van der Waals surface area contributed by atoms with Crippen LogP contribution in [-0.4, -0.2) is 23.6 Å². The first-order valence-corrected chi connectivity index (χ1v) is 9.91. The van der Waals surface area contributed by atoms with Crippen LogP contribution >= 0.6 is 0 Å². The minimum atomic E-state index is -3.73. The number of aromatic nitrogens is 3. The van der Waals surface area contributed by atoms with E-state index < -0.39 is 10.0 Å². The minimum Gasteiger partial charge on any atom is -0.419 e. The zero-order valence-electron chi connectivity index (χ0n) is 15.2. The first-order valence-electron chi connectivity index (χ1n) is 8.42. The standard InChI is InChI=1S/C18H22N4O3S/c1-5-15-20-21-18(25-15)16-11(2)17(13(4)19-16)26(23,24)22-12(3)14-9-7-6-8-10-14/h6-10,12,19,22H,5H2,1-4H3/t12-/m0/s1. The number of hydrogen-bond acceptors (Lipinski definition) is 5. The van der Waals surface area contributed by atoms with Gasteiger partial charge in [-0.1, -0.05) is 37.3 Å². The molecule has 2 N–H and O–H groups in total. The molecule has 0 fully saturated rings. The summed E-state index contributed by atoms with van der Waals surface area (Å²) in [5.74, 6) is 0.798. The Balaban J connectivity index is 1.95. The molecule has 0 radical (unpaired) electrons. The van der Waals surface area contributed by atoms with E-state index in [0.29, 0.717) is 35.2 Å². The summed E-state index contributed by atoms with van der Waals surface area (Å²) in [5, 5.41) is 7.94. The summed E-state index contributed by atoms with van der Waals surface area (Å²) < 4.78 is 34.2. The average Bonchev–Trinajstić information content (AvgIpc) is 3.19. The number of nitrogens with zero attached hydrogens (tertiary/aromatic N) is 2. The second kappa shape index (κ2) is 7.05. The summed E-state index contributed by atoms with van der Waals surface area (Å²) in [4.78, 5) is 3.28. The van der Waals surface area contributed by atoms with E-state index in [1.807, 2.05) is 44.2 Å². The van der Waals surface area contributed by atoms with E-state index in [0.717, 1.165) is 5.56 Å². The Morgan fingerprint density at radius 2 is 1.88 bits per heavy atom. The molecule has 0 amide bonds. The van der Waals surface area contributed by atoms with Gasteiger partial charge in [0.05, 0.1) is 0 Å². The van der Waals surface area contributed by atoms with Gasteiger partial charge in [-0.05, 0) is 31.9 Å². The van der Waals surface area contributed by atoms with Crippen LogP contribution in [0.3, 0.4) is 0 Å². The summed E-state index contributed by atoms with van der Waals surface area (Å²) in [6.45, 7) is 7.18. The van der Waals surface area contributed by atoms with Crippen molar-refractivity contribution in [3.8, 4) is 11.6 Å². The van der Waals surface area contributed by atoms with Gasteiger partial charge in [-0.25, -0.2) is 13.1 Å². The van der Waals surface area contributed by atoms with Gasteiger partial charge >= 0.3 is 0 Å². The fraction of sp³-hybridized carbons (Fsp3) is 0.333. The van der Waals surface area contributed by atoms with Crippen LogP contribution < -0.4 is 4.72 Å². The third kappa shape index (κ3) is 3.42. The fourth-order valence-corrected chi connectivity index (χ4v) is 4.63. The lowest BCUT2D eigenvalue weighted by Crippen LogP contribution is -2.27. The largest absolute Gasteiger partial charge is 0.419 e. The van der Waals surface area contributed by atoms with Crippen molar-refractivity contribution >= 4 is 10.0 Å². The summed E-state index contributed by atoms with van der Waals surface area (Å²) in [6, 6.07) is 9.08. The van der Waals surface area contributed by atoms with Crippen LogP contribution in [0.2, 0.25) is 0 Å². The molecule has 138 valence electrons. The smallest absolute Gasteiger partial charge is 0.264 e. The molecule has 8 heteroatoms. The lowest BCUT2D eigenvalue weighted by Gasteiger charge is -2.15. The first kappa shape index (κ1) is 18.3. The molecule has 0 aliphatic heterocycles. The van der Waals surface area contributed by atoms with Crippen LogP contribution in [0, 0.1) is 13.8 Å². The number of rotatable bonds is 6. The average molecular weight is 374 g/mol. The molecule has 3 aromatic rings. The number of H-pyrrole nitrogens is 1. The molecule has 3 rings (SSSR count). The molecule has 0 saturated carbocycles. The Hall–Kier alpha value is -2.45. The Morgan fingerprint density at radius 3 is 2.50 bits per heavy atom. The van der Waals surface area contributed by atoms with Crippen LogP contribution in [0.1, 0.15) is 42.6 Å². The Bertz CT molecular complexity index is 1010. The zero-order chi connectivity index (χ0) is 18.9. The van der Waals surface area contributed by atoms with E-state index in [4.69, 9.17) is 4.42 Å². The van der Waals surface area contributed by atoms with E-state index in [1.165, 1.54) is 0 Å². The summed E-state index contributed by atoms with van der Waals surface area (Å²) in [7, 11) is -3.73. The molecule has 1 atom stereocenters. The van der Waals surface area contributed by atoms with Gasteiger partial charge in [-0.3, -0.25) is 0 Å². The van der Waals surface area contributed by atoms with Crippen molar-refractivity contribution < 1.29 is 12.8 Å². The second-order valence-corrected chi connectivity index (χ2v) is 7.84. The fourth-order valence-electron chi connectivity index (χ4n) is 2.95. The Morgan fingerprint density at radius 1 is 1.19 bits per heavy atom. The molecule has 0 bridgehead atoms. The summed E-state index contributed by atoms with van der Waals surface area (Å²) in [6.07, 6.45) is 0.618. The molecule has 0 saturated heterocycles. The number of benzene rings is 1. The summed E-state index contributed by atoms with van der Waals surface area (Å²) >= 11 is 0. The third-order valence-electron chi connectivity index (χ3n) is 4.25. The van der Waals surface area contributed by atoms with Gasteiger partial charge in [0, 0.05) is 18.2 Å². The summed E-state index contributed by atoms with van der Waals surface area (Å²) in [5.41, 5.74) is 2.51. The van der Waals surface area contributed by atoms with Crippen molar-refractivity contribution in [2.75, 3.05) is 0 Å². The highest BCUT2D eigenvalue weighted by atomic mass is 32.2. The molecule has 0 unspecified atom stereocenters. The number of aryl methyl sites for hydroxylation is 2. The quantitative estimate of drug-likeness (QED) is 0.689. The molecule has 26 heavy (non-hydrogen) atoms. The van der Waals surface area contributed by atoms with Gasteiger partial charge in [-0.15, -0.1) is 10.2 Å². The number of hydrogen-bond donors (Lipinski definition) is 2. The Kier molecular flexibility index (Phi) is 4.97. The van der Waals surface area contributed by atoms with Crippen molar-refractivity contribution in [1.29, 1.82) is 0 Å². The van der Waals surface area contributed by atoms with Crippen LogP contribution in [0.15, 0.2) is 39.6 Å². The van der Waals surface area contributed by atoms with E-state index in [9.17, 15) is 8.42 Å². The molecule has 0 spiro atoms. The number of aromatic amines is 1. The molecule has 1 aromatic carbocycles. The lowest BCUT2D eigenvalue weighted by atomic mass is 10.1. The highest BCUT2D eigenvalue weighted by molar-refractivity contribution is 7.89. The number of nitrogens with one attached hydrogen (secondary N) is 2. The van der Waals surface area contributed by atoms with Crippen molar-refractivity contribution in [2.24, 2.45) is 0 Å². The monoisotopic (exact) mass is 374 g/mol. The molecule has 0 aliphatic rings. The maximum Gasteiger partial charge on any atom is 0.264 e. The van der Waals surface area contributed by atoms with Gasteiger partial charge in [-0.2, -0.15) is 0 Å². The van der Waals surface area contributed by atoms with E-state index >= 15 is 0 Å². The lowest BCUT2D eigenvalue weighted by molar-refractivity contribution is 0.511. The predicted octanol–water partition coefficient (Wildman–Crippen LogP) is 3.28. The van der Waals surface area contributed by atoms with E-state index in [1.54, 1.807) is 13.8 Å². The highest BCUT2D eigenvalue weighted by Crippen LogP contribution is 2.30. The van der Waals surface area contributed by atoms with Crippen LogP contribution in [0.5, 0.6) is 0 Å². The normalized spacial score (nSPS) is 13.1. The molecular formula is C18H22N4O3S.